The molecule has 2 aliphatic heterocycles. The lowest BCUT2D eigenvalue weighted by molar-refractivity contribution is 0.0646. The van der Waals surface area contributed by atoms with Crippen LogP contribution in [0, 0.1) is 0 Å². The quantitative estimate of drug-likeness (QED) is 0.910. The minimum atomic E-state index is 0. The smallest absolute Gasteiger partial charge is 0.275 e. The fraction of sp³-hybridized carbons (Fsp3) is 0.467. The number of hydrogen-bond acceptors (Lipinski definition) is 4. The average molecular weight is 323 g/mol. The molecule has 3 heterocycles. The zero-order chi connectivity index (χ0) is 14.6. The van der Waals surface area contributed by atoms with Crippen LogP contribution < -0.4 is 4.74 Å². The molecule has 7 heteroatoms. The number of hydrogen-bond donors (Lipinski definition) is 1. The molecule has 0 unspecified atom stereocenters. The zero-order valence-electron chi connectivity index (χ0n) is 12.6. The van der Waals surface area contributed by atoms with Gasteiger partial charge >= 0.3 is 0 Å². The Hall–Kier alpha value is -1.79. The van der Waals surface area contributed by atoms with Crippen LogP contribution in [0.4, 0.5) is 0 Å². The predicted molar refractivity (Wildman–Crippen MR) is 85.8 cm³/mol. The summed E-state index contributed by atoms with van der Waals surface area (Å²) in [5, 5.41) is 7.99. The molecule has 2 bridgehead atoms. The van der Waals surface area contributed by atoms with Gasteiger partial charge in [0.25, 0.3) is 5.91 Å². The van der Waals surface area contributed by atoms with Gasteiger partial charge in [-0.15, -0.1) is 12.4 Å². The molecule has 118 valence electrons. The molecule has 2 atom stereocenters. The molecule has 6 nitrogen and oxygen atoms in total. The standard InChI is InChI=1S/C15H18N4O2.ClH/c1-18-7-10-5-9(18)8-19(10)15(20)14-12-6-11(21-2)3-4-13(12)16-17-14;/h3-4,6,9-10H,5,7-8H2,1-2H3,(H,16,17);1H/t9-,10-;/m0./s1. The van der Waals surface area contributed by atoms with Gasteiger partial charge in [-0.2, -0.15) is 5.10 Å². The molecule has 22 heavy (non-hydrogen) atoms. The monoisotopic (exact) mass is 322 g/mol. The first-order chi connectivity index (χ1) is 10.2. The Labute approximate surface area is 134 Å². The number of piperazine rings is 1. The number of aromatic amines is 1. The number of carbonyl (C=O) groups excluding carboxylic acids is 1. The van der Waals surface area contributed by atoms with Crippen molar-refractivity contribution in [2.75, 3.05) is 27.2 Å². The second-order valence-corrected chi connectivity index (χ2v) is 5.92. The van der Waals surface area contributed by atoms with Gasteiger partial charge in [-0.1, -0.05) is 0 Å². The van der Waals surface area contributed by atoms with Crippen LogP contribution in [0.1, 0.15) is 16.9 Å². The van der Waals surface area contributed by atoms with Gasteiger partial charge < -0.3 is 9.64 Å². The maximum absolute atomic E-state index is 12.8. The summed E-state index contributed by atoms with van der Waals surface area (Å²) in [5.41, 5.74) is 1.36. The van der Waals surface area contributed by atoms with Crippen LogP contribution in [0.2, 0.25) is 0 Å². The molecule has 0 aliphatic carbocycles. The van der Waals surface area contributed by atoms with Crippen LogP contribution in [-0.2, 0) is 0 Å². The van der Waals surface area contributed by atoms with Crippen LogP contribution in [0.15, 0.2) is 18.2 Å². The summed E-state index contributed by atoms with van der Waals surface area (Å²) < 4.78 is 5.24. The summed E-state index contributed by atoms with van der Waals surface area (Å²) in [7, 11) is 3.75. The number of benzene rings is 1. The second kappa shape index (κ2) is 5.44. The van der Waals surface area contributed by atoms with Crippen molar-refractivity contribution in [2.45, 2.75) is 18.5 Å². The number of H-pyrrole nitrogens is 1. The fourth-order valence-electron chi connectivity index (χ4n) is 3.53. The van der Waals surface area contributed by atoms with E-state index in [1.807, 2.05) is 23.1 Å². The molecule has 0 radical (unpaired) electrons. The first-order valence-corrected chi connectivity index (χ1v) is 7.20. The van der Waals surface area contributed by atoms with Crippen LogP contribution in [0.25, 0.3) is 10.9 Å². The predicted octanol–water partition coefficient (Wildman–Crippen LogP) is 1.52. The third kappa shape index (κ3) is 2.14. The van der Waals surface area contributed by atoms with Crippen LogP contribution >= 0.6 is 12.4 Å². The highest BCUT2D eigenvalue weighted by Crippen LogP contribution is 2.31. The average Bonchev–Trinajstić information content (AvgIpc) is 3.18. The normalized spacial score (nSPS) is 23.8. The summed E-state index contributed by atoms with van der Waals surface area (Å²) in [5.74, 6) is 0.760. The number of likely N-dealkylation sites (N-methyl/N-ethyl adjacent to an activating group) is 1. The fourth-order valence-corrected chi connectivity index (χ4v) is 3.53. The molecule has 1 amide bonds. The number of ether oxygens (including phenoxy) is 1. The number of carbonyl (C=O) groups is 1. The maximum Gasteiger partial charge on any atom is 0.275 e. The zero-order valence-corrected chi connectivity index (χ0v) is 13.4. The number of nitrogens with zero attached hydrogens (tertiary/aromatic N) is 3. The lowest BCUT2D eigenvalue weighted by Gasteiger charge is -2.31. The van der Waals surface area contributed by atoms with E-state index in [1.54, 1.807) is 7.11 Å². The highest BCUT2D eigenvalue weighted by molar-refractivity contribution is 6.05. The van der Waals surface area contributed by atoms with E-state index in [4.69, 9.17) is 4.74 Å². The summed E-state index contributed by atoms with van der Waals surface area (Å²) in [4.78, 5) is 17.1. The van der Waals surface area contributed by atoms with Crippen LogP contribution in [0.3, 0.4) is 0 Å². The molecule has 2 saturated heterocycles. The Balaban J connectivity index is 0.00000144. The third-order valence-electron chi connectivity index (χ3n) is 4.75. The third-order valence-corrected chi connectivity index (χ3v) is 4.75. The lowest BCUT2D eigenvalue weighted by Crippen LogP contribution is -2.47. The van der Waals surface area contributed by atoms with Gasteiger partial charge in [0.15, 0.2) is 5.69 Å². The largest absolute Gasteiger partial charge is 0.497 e. The van der Waals surface area contributed by atoms with Gasteiger partial charge in [0, 0.05) is 30.6 Å². The molecule has 4 rings (SSSR count). The van der Waals surface area contributed by atoms with Crippen LogP contribution in [0.5, 0.6) is 5.75 Å². The molecule has 2 aliphatic rings. The number of methoxy groups -OCH3 is 1. The molecule has 1 aromatic heterocycles. The number of halogens is 1. The van der Waals surface area contributed by atoms with Gasteiger partial charge in [0.05, 0.1) is 12.6 Å². The van der Waals surface area contributed by atoms with Gasteiger partial charge in [-0.3, -0.25) is 14.8 Å². The summed E-state index contributed by atoms with van der Waals surface area (Å²) in [6.45, 7) is 1.76. The number of rotatable bonds is 2. The van der Waals surface area contributed by atoms with Gasteiger partial charge in [0.2, 0.25) is 0 Å². The van der Waals surface area contributed by atoms with Crippen molar-refractivity contribution in [1.82, 2.24) is 20.0 Å². The molecule has 1 aromatic carbocycles. The maximum atomic E-state index is 12.8. The van der Waals surface area contributed by atoms with Crippen molar-refractivity contribution >= 4 is 29.2 Å². The van der Waals surface area contributed by atoms with E-state index >= 15 is 0 Å². The molecule has 0 saturated carbocycles. The molecular weight excluding hydrogens is 304 g/mol. The van der Waals surface area contributed by atoms with Gasteiger partial charge in [-0.05, 0) is 31.7 Å². The number of aromatic nitrogens is 2. The number of nitrogens with one attached hydrogen (secondary N) is 1. The number of fused-ring (bicyclic) bond motifs is 3. The lowest BCUT2D eigenvalue weighted by atomic mass is 10.1. The second-order valence-electron chi connectivity index (χ2n) is 5.92. The molecule has 2 aromatic rings. The van der Waals surface area contributed by atoms with Crippen molar-refractivity contribution in [3.8, 4) is 5.75 Å². The Bertz CT molecular complexity index is 715. The highest BCUT2D eigenvalue weighted by atomic mass is 35.5. The van der Waals surface area contributed by atoms with Crippen molar-refractivity contribution in [1.29, 1.82) is 0 Å². The minimum Gasteiger partial charge on any atom is -0.497 e. The van der Waals surface area contributed by atoms with E-state index in [0.717, 1.165) is 36.2 Å². The Kier molecular flexibility index (Phi) is 3.74. The van der Waals surface area contributed by atoms with E-state index in [0.29, 0.717) is 17.8 Å². The topological polar surface area (TPSA) is 61.5 Å². The number of likely N-dealkylation sites (tertiary alicyclic amines) is 2. The summed E-state index contributed by atoms with van der Waals surface area (Å²) in [6.07, 6.45) is 1.08. The van der Waals surface area contributed by atoms with Gasteiger partial charge in [-0.25, -0.2) is 0 Å². The minimum absolute atomic E-state index is 0. The molecule has 0 spiro atoms. The van der Waals surface area contributed by atoms with E-state index in [9.17, 15) is 4.79 Å². The van der Waals surface area contributed by atoms with E-state index < -0.39 is 0 Å². The highest BCUT2D eigenvalue weighted by Gasteiger charge is 2.44. The van der Waals surface area contributed by atoms with E-state index in [-0.39, 0.29) is 18.3 Å². The summed E-state index contributed by atoms with van der Waals surface area (Å²) >= 11 is 0. The Morgan fingerprint density at radius 3 is 2.82 bits per heavy atom. The Morgan fingerprint density at radius 2 is 2.18 bits per heavy atom. The van der Waals surface area contributed by atoms with Crippen molar-refractivity contribution in [2.24, 2.45) is 0 Å². The van der Waals surface area contributed by atoms with Crippen LogP contribution in [-0.4, -0.2) is 65.2 Å². The van der Waals surface area contributed by atoms with Crippen molar-refractivity contribution < 1.29 is 9.53 Å². The Morgan fingerprint density at radius 1 is 1.36 bits per heavy atom. The van der Waals surface area contributed by atoms with Crippen molar-refractivity contribution in [3.05, 3.63) is 23.9 Å². The van der Waals surface area contributed by atoms with Crippen molar-refractivity contribution in [3.63, 3.8) is 0 Å². The molecule has 1 N–H and O–H groups in total. The molecular formula is C15H19ClN4O2. The first-order valence-electron chi connectivity index (χ1n) is 7.20. The summed E-state index contributed by atoms with van der Waals surface area (Å²) in [6, 6.07) is 6.44. The molecule has 2 fully saturated rings. The van der Waals surface area contributed by atoms with Gasteiger partial charge in [0.1, 0.15) is 5.75 Å². The van der Waals surface area contributed by atoms with E-state index in [1.165, 1.54) is 0 Å². The number of amides is 1. The SMILES string of the molecule is COc1ccc2[nH]nc(C(=O)N3C[C@@H]4C[C@H]3CN4C)c2c1.Cl. The first kappa shape index (κ1) is 15.1. The van der Waals surface area contributed by atoms with E-state index in [2.05, 4.69) is 22.1 Å².